The molecule has 1 unspecified atom stereocenters. The Morgan fingerprint density at radius 1 is 0.825 bits per heavy atom. The van der Waals surface area contributed by atoms with Gasteiger partial charge in [-0.05, 0) is 86.4 Å². The number of piperidine rings is 3. The molecule has 16 heteroatoms. The minimum absolute atomic E-state index is 0.00325. The van der Waals surface area contributed by atoms with Gasteiger partial charge in [-0.15, -0.1) is 0 Å². The lowest BCUT2D eigenvalue weighted by Crippen LogP contribution is -2.55. The molecule has 4 fully saturated rings. The molecule has 3 N–H and O–H groups in total. The van der Waals surface area contributed by atoms with Gasteiger partial charge in [0.05, 0.1) is 12.1 Å². The van der Waals surface area contributed by atoms with Crippen LogP contribution < -0.4 is 20.9 Å². The van der Waals surface area contributed by atoms with Crippen LogP contribution in [-0.4, -0.2) is 143 Å². The fourth-order valence-corrected chi connectivity index (χ4v) is 9.61. The van der Waals surface area contributed by atoms with E-state index < -0.39 is 11.9 Å². The number of amides is 6. The lowest BCUT2D eigenvalue weighted by atomic mass is 9.91. The van der Waals surface area contributed by atoms with Gasteiger partial charge in [0, 0.05) is 119 Å². The zero-order valence-corrected chi connectivity index (χ0v) is 35.9. The number of unbranched alkanes of at least 4 members (excludes halogenated alkanes) is 1. The molecule has 3 aromatic rings. The normalized spacial score (nSPS) is 20.3. The second kappa shape index (κ2) is 20.4. The summed E-state index contributed by atoms with van der Waals surface area (Å²) in [7, 11) is 0. The molecule has 1 aromatic carbocycles. The average molecular weight is 859 g/mol. The summed E-state index contributed by atoms with van der Waals surface area (Å²) >= 11 is 0. The van der Waals surface area contributed by atoms with Crippen LogP contribution in [0, 0.1) is 5.92 Å². The second-order valence-electron chi connectivity index (χ2n) is 17.3. The van der Waals surface area contributed by atoms with E-state index in [2.05, 4.69) is 30.7 Å². The van der Waals surface area contributed by atoms with Gasteiger partial charge in [0.25, 0.3) is 11.8 Å². The Labute approximate surface area is 368 Å². The smallest absolute Gasteiger partial charge is 0.255 e. The molecule has 0 saturated carbocycles. The molecule has 1 atom stereocenters. The van der Waals surface area contributed by atoms with Gasteiger partial charge in [-0.2, -0.15) is 0 Å². The number of imide groups is 1. The van der Waals surface area contributed by atoms with E-state index in [0.29, 0.717) is 54.8 Å². The molecule has 7 heterocycles. The molecule has 5 aliphatic rings. The van der Waals surface area contributed by atoms with Gasteiger partial charge in [-0.25, -0.2) is 4.98 Å². The van der Waals surface area contributed by atoms with Crippen LogP contribution in [0.5, 0.6) is 0 Å². The van der Waals surface area contributed by atoms with Crippen molar-refractivity contribution >= 4 is 53.0 Å². The third kappa shape index (κ3) is 10.7. The molecule has 0 bridgehead atoms. The summed E-state index contributed by atoms with van der Waals surface area (Å²) in [4.78, 5) is 95.1. The lowest BCUT2D eigenvalue weighted by Gasteiger charge is -2.43. The first-order chi connectivity index (χ1) is 30.7. The first-order valence-electron chi connectivity index (χ1n) is 22.6. The summed E-state index contributed by atoms with van der Waals surface area (Å²) < 4.78 is 0. The first kappa shape index (κ1) is 43.5. The number of nitrogens with zero attached hydrogens (tertiary/aromatic N) is 7. The number of carbonyl (C=O) groups is 6. The van der Waals surface area contributed by atoms with Crippen LogP contribution in [0.15, 0.2) is 67.1 Å². The first-order valence-corrected chi connectivity index (χ1v) is 22.6. The molecular formula is C47H58N10O6. The number of carbonyl (C=O) groups excluding carboxylic acids is 6. The molecule has 332 valence electrons. The number of nitrogens with one attached hydrogen (secondary N) is 3. The molecular weight excluding hydrogens is 801 g/mol. The highest BCUT2D eigenvalue weighted by Crippen LogP contribution is 2.32. The standard InChI is InChI=1S/C47H58N10O6/c58-42(13-9-34-6-4-19-48-29-34)49-20-2-1-5-33-15-21-56(22-16-33)46(62)35-10-12-41(51-30-35)54-23-17-36(18-24-54)53-25-27-55(28-26-53)44(60)31-50-39-8-3-7-37-38(39)32-57(47(37)63)40-11-14-43(59)52-45(40)61/h3-4,6-10,12-13,19,29-30,33,36,40,50H,1-2,5,11,14-18,20-28,31-32H2,(H,49,58)(H,52,59,61)/b13-9+. The van der Waals surface area contributed by atoms with Gasteiger partial charge in [0.2, 0.25) is 23.6 Å². The van der Waals surface area contributed by atoms with Gasteiger partial charge < -0.3 is 30.2 Å². The Morgan fingerprint density at radius 3 is 2.37 bits per heavy atom. The summed E-state index contributed by atoms with van der Waals surface area (Å²) in [6.45, 7) is 7.18. The molecule has 8 rings (SSSR count). The monoisotopic (exact) mass is 858 g/mol. The van der Waals surface area contributed by atoms with Crippen molar-refractivity contribution in [2.45, 2.75) is 76.4 Å². The molecule has 63 heavy (non-hydrogen) atoms. The average Bonchev–Trinajstić information content (AvgIpc) is 3.66. The topological polar surface area (TPSA) is 180 Å². The van der Waals surface area contributed by atoms with E-state index in [4.69, 9.17) is 4.98 Å². The van der Waals surface area contributed by atoms with Gasteiger partial charge in [0.15, 0.2) is 0 Å². The van der Waals surface area contributed by atoms with Crippen LogP contribution in [-0.2, 0) is 25.7 Å². The van der Waals surface area contributed by atoms with Crippen molar-refractivity contribution in [3.63, 3.8) is 0 Å². The molecule has 6 amide bonds. The summed E-state index contributed by atoms with van der Waals surface area (Å²) in [6.07, 6.45) is 16.0. The van der Waals surface area contributed by atoms with E-state index in [1.54, 1.807) is 42.9 Å². The van der Waals surface area contributed by atoms with E-state index in [9.17, 15) is 28.8 Å². The van der Waals surface area contributed by atoms with Crippen LogP contribution in [0.25, 0.3) is 6.08 Å². The van der Waals surface area contributed by atoms with Crippen LogP contribution in [0.1, 0.15) is 89.6 Å². The number of rotatable bonds is 14. The number of likely N-dealkylation sites (tertiary alicyclic amines) is 1. The van der Waals surface area contributed by atoms with E-state index in [0.717, 1.165) is 101 Å². The molecule has 0 spiro atoms. The highest BCUT2D eigenvalue weighted by Gasteiger charge is 2.40. The summed E-state index contributed by atoms with van der Waals surface area (Å²) in [6, 6.07) is 12.7. The Balaban J connectivity index is 0.704. The van der Waals surface area contributed by atoms with Gasteiger partial charge >= 0.3 is 0 Å². The van der Waals surface area contributed by atoms with Crippen molar-refractivity contribution in [3.8, 4) is 0 Å². The summed E-state index contributed by atoms with van der Waals surface area (Å²) in [5, 5.41) is 8.56. The quantitative estimate of drug-likeness (QED) is 0.123. The second-order valence-corrected chi connectivity index (χ2v) is 17.3. The third-order valence-electron chi connectivity index (χ3n) is 13.3. The van der Waals surface area contributed by atoms with Crippen molar-refractivity contribution in [2.24, 2.45) is 5.92 Å². The fraction of sp³-hybridized carbons (Fsp3) is 0.489. The molecule has 0 aliphatic carbocycles. The van der Waals surface area contributed by atoms with E-state index >= 15 is 0 Å². The SMILES string of the molecule is O=C(/C=C/c1cccnc1)NCCCCC1CCN(C(=O)c2ccc(N3CCC(N4CCN(C(=O)CNc5cccc6c5CN(C5CCC(=O)NC5=O)C6=O)CC4)CC3)nc2)CC1. The zero-order chi connectivity index (χ0) is 43.7. The molecule has 0 radical (unpaired) electrons. The number of hydrogen-bond donors (Lipinski definition) is 3. The fourth-order valence-electron chi connectivity index (χ4n) is 9.61. The number of pyridine rings is 2. The number of anilines is 2. The van der Waals surface area contributed by atoms with Crippen molar-refractivity contribution in [3.05, 3.63) is 89.4 Å². The summed E-state index contributed by atoms with van der Waals surface area (Å²) in [5.74, 6) is 0.426. The number of piperazine rings is 1. The number of fused-ring (bicyclic) bond motifs is 1. The minimum atomic E-state index is -0.689. The number of aromatic nitrogens is 2. The predicted octanol–water partition coefficient (Wildman–Crippen LogP) is 3.31. The van der Waals surface area contributed by atoms with Crippen molar-refractivity contribution in [2.75, 3.05) is 75.7 Å². The minimum Gasteiger partial charge on any atom is -0.376 e. The maximum atomic E-state index is 13.4. The molecule has 4 saturated heterocycles. The van der Waals surface area contributed by atoms with Crippen molar-refractivity contribution < 1.29 is 28.8 Å². The predicted molar refractivity (Wildman–Crippen MR) is 237 cm³/mol. The zero-order valence-electron chi connectivity index (χ0n) is 35.9. The molecule has 5 aliphatic heterocycles. The highest BCUT2D eigenvalue weighted by molar-refractivity contribution is 6.06. The Kier molecular flexibility index (Phi) is 14.0. The largest absolute Gasteiger partial charge is 0.376 e. The Morgan fingerprint density at radius 2 is 1.63 bits per heavy atom. The van der Waals surface area contributed by atoms with Crippen molar-refractivity contribution in [1.29, 1.82) is 0 Å². The van der Waals surface area contributed by atoms with Gasteiger partial charge in [-0.1, -0.05) is 25.0 Å². The van der Waals surface area contributed by atoms with Crippen molar-refractivity contribution in [1.82, 2.24) is 40.2 Å². The Hall–Kier alpha value is -6.16. The van der Waals surface area contributed by atoms with Crippen LogP contribution >= 0.6 is 0 Å². The molecule has 16 nitrogen and oxygen atoms in total. The summed E-state index contributed by atoms with van der Waals surface area (Å²) in [5.41, 5.74) is 3.50. The maximum absolute atomic E-state index is 13.4. The molecule has 2 aromatic heterocycles. The number of hydrogen-bond acceptors (Lipinski definition) is 11. The van der Waals surface area contributed by atoms with Crippen LogP contribution in [0.3, 0.4) is 0 Å². The third-order valence-corrected chi connectivity index (χ3v) is 13.3. The van der Waals surface area contributed by atoms with Gasteiger partial charge in [-0.3, -0.25) is 44.0 Å². The van der Waals surface area contributed by atoms with Crippen LogP contribution in [0.2, 0.25) is 0 Å². The maximum Gasteiger partial charge on any atom is 0.255 e. The van der Waals surface area contributed by atoms with E-state index in [1.165, 1.54) is 4.90 Å². The van der Waals surface area contributed by atoms with E-state index in [1.807, 2.05) is 40.1 Å². The van der Waals surface area contributed by atoms with Gasteiger partial charge in [0.1, 0.15) is 11.9 Å². The number of benzene rings is 1. The lowest BCUT2D eigenvalue weighted by molar-refractivity contribution is -0.137. The van der Waals surface area contributed by atoms with E-state index in [-0.39, 0.29) is 49.0 Å². The highest BCUT2D eigenvalue weighted by atomic mass is 16.2. The Bertz CT molecular complexity index is 2160. The van der Waals surface area contributed by atoms with Crippen LogP contribution in [0.4, 0.5) is 11.5 Å².